The van der Waals surface area contributed by atoms with Crippen LogP contribution in [-0.2, 0) is 12.0 Å². The summed E-state index contributed by atoms with van der Waals surface area (Å²) in [7, 11) is 0. The van der Waals surface area contributed by atoms with Gasteiger partial charge in [-0.15, -0.1) is 10.2 Å². The number of rotatable bonds is 7. The quantitative estimate of drug-likeness (QED) is 0.188. The second-order valence-corrected chi connectivity index (χ2v) is 12.4. The minimum Gasteiger partial charge on any atom is -0.419 e. The first kappa shape index (κ1) is 28.1. The highest BCUT2D eigenvalue weighted by Gasteiger charge is 2.34. The summed E-state index contributed by atoms with van der Waals surface area (Å²) >= 11 is 3.65. The molecule has 3 aromatic carbocycles. The Kier molecular flexibility index (Phi) is 7.79. The standard InChI is InChI=1S/C33H33BrN6O2/c1-33(36,18-21-8-3-2-4-9-21)32-39-38-30(42-32)23-14-22(27-10-5-6-11-28(27)35)15-24(16-23)31(41)40-13-7-12-29(40)25-17-26(34)20-37-19-25/h2-6,8-11,14-16,19-20,26,29H,7,12-13,17-18,35-36H2,1H3/t26?,29?,33-/m1/s1. The number of hydrogen-bond donors (Lipinski definition) is 2. The molecule has 4 aromatic rings. The number of anilines is 1. The molecule has 8 nitrogen and oxygen atoms in total. The number of carbonyl (C=O) groups excluding carboxylic acids is 1. The molecule has 0 radical (unpaired) electrons. The maximum Gasteiger partial charge on any atom is 0.254 e. The lowest BCUT2D eigenvalue weighted by Crippen LogP contribution is -2.37. The van der Waals surface area contributed by atoms with Crippen LogP contribution in [0.2, 0.25) is 0 Å². The Bertz CT molecular complexity index is 1660. The fourth-order valence-corrected chi connectivity index (χ4v) is 6.31. The van der Waals surface area contributed by atoms with Crippen molar-refractivity contribution in [1.29, 1.82) is 0 Å². The van der Waals surface area contributed by atoms with E-state index in [9.17, 15) is 4.79 Å². The minimum absolute atomic E-state index is 0.00911. The Morgan fingerprint density at radius 1 is 1.07 bits per heavy atom. The van der Waals surface area contributed by atoms with Gasteiger partial charge in [-0.25, -0.2) is 0 Å². The third-order valence-electron chi connectivity index (χ3n) is 7.89. The summed E-state index contributed by atoms with van der Waals surface area (Å²) in [6.07, 6.45) is 7.00. The number of nitrogens with zero attached hydrogens (tertiary/aromatic N) is 4. The number of nitrogens with two attached hydrogens (primary N) is 2. The molecule has 1 fully saturated rings. The topological polar surface area (TPSA) is 124 Å². The number of para-hydroxylation sites is 1. The van der Waals surface area contributed by atoms with Gasteiger partial charge in [0.05, 0.1) is 16.4 Å². The van der Waals surface area contributed by atoms with Crippen LogP contribution in [0.5, 0.6) is 0 Å². The van der Waals surface area contributed by atoms with Gasteiger partial charge >= 0.3 is 0 Å². The Balaban J connectivity index is 1.37. The van der Waals surface area contributed by atoms with Gasteiger partial charge in [-0.05, 0) is 73.6 Å². The number of alkyl halides is 1. The summed E-state index contributed by atoms with van der Waals surface area (Å²) < 4.78 is 6.18. The summed E-state index contributed by atoms with van der Waals surface area (Å²) in [6, 6.07) is 23.2. The van der Waals surface area contributed by atoms with E-state index in [-0.39, 0.29) is 16.8 Å². The molecule has 214 valence electrons. The van der Waals surface area contributed by atoms with Crippen molar-refractivity contribution in [2.24, 2.45) is 10.7 Å². The highest BCUT2D eigenvalue weighted by atomic mass is 79.9. The molecule has 42 heavy (non-hydrogen) atoms. The number of halogens is 1. The summed E-state index contributed by atoms with van der Waals surface area (Å²) in [5, 5.41) is 8.69. The third-order valence-corrected chi connectivity index (χ3v) is 8.45. The van der Waals surface area contributed by atoms with E-state index in [1.165, 1.54) is 0 Å². The molecule has 1 aromatic heterocycles. The molecular formula is C33H33BrN6O2. The summed E-state index contributed by atoms with van der Waals surface area (Å²) in [4.78, 5) is 20.7. The molecule has 4 N–H and O–H groups in total. The number of hydrogen-bond acceptors (Lipinski definition) is 7. The lowest BCUT2D eigenvalue weighted by molar-refractivity contribution is 0.0754. The van der Waals surface area contributed by atoms with Crippen molar-refractivity contribution >= 4 is 33.7 Å². The SMILES string of the molecule is C[C@@](N)(Cc1ccccc1)c1nnc(-c2cc(C(=O)N3CCCC3C3=CN=CC(Br)C3)cc(-c3ccccc3N)c2)o1. The predicted molar refractivity (Wildman–Crippen MR) is 169 cm³/mol. The van der Waals surface area contributed by atoms with Crippen molar-refractivity contribution in [2.75, 3.05) is 12.3 Å². The van der Waals surface area contributed by atoms with Crippen molar-refractivity contribution in [3.8, 4) is 22.6 Å². The van der Waals surface area contributed by atoms with E-state index in [0.717, 1.165) is 41.5 Å². The fourth-order valence-electron chi connectivity index (χ4n) is 5.80. The van der Waals surface area contributed by atoms with Crippen molar-refractivity contribution < 1.29 is 9.21 Å². The molecule has 0 bridgehead atoms. The van der Waals surface area contributed by atoms with Gasteiger partial charge < -0.3 is 20.8 Å². The lowest BCUT2D eigenvalue weighted by atomic mass is 9.94. The van der Waals surface area contributed by atoms with Crippen LogP contribution in [0.1, 0.15) is 48.0 Å². The van der Waals surface area contributed by atoms with E-state index in [1.54, 1.807) is 0 Å². The Morgan fingerprint density at radius 3 is 2.62 bits per heavy atom. The van der Waals surface area contributed by atoms with Crippen LogP contribution in [0.15, 0.2) is 94.0 Å². The number of nitrogen functional groups attached to an aromatic ring is 1. The maximum absolute atomic E-state index is 14.1. The summed E-state index contributed by atoms with van der Waals surface area (Å²) in [6.45, 7) is 2.56. The molecule has 2 aliphatic heterocycles. The average Bonchev–Trinajstić information content (AvgIpc) is 3.69. The molecule has 1 amide bonds. The lowest BCUT2D eigenvalue weighted by Gasteiger charge is -2.28. The number of amides is 1. The fraction of sp³-hybridized carbons (Fsp3) is 0.273. The molecule has 9 heteroatoms. The van der Waals surface area contributed by atoms with E-state index in [0.29, 0.717) is 41.6 Å². The highest BCUT2D eigenvalue weighted by molar-refractivity contribution is 9.10. The number of carbonyl (C=O) groups is 1. The number of aliphatic imine (C=N–C) groups is 1. The molecule has 3 heterocycles. The molecule has 0 aliphatic carbocycles. The van der Waals surface area contributed by atoms with Crippen LogP contribution in [0.3, 0.4) is 0 Å². The van der Waals surface area contributed by atoms with Crippen LogP contribution in [0.25, 0.3) is 22.6 Å². The van der Waals surface area contributed by atoms with Gasteiger partial charge in [-0.3, -0.25) is 9.79 Å². The first-order valence-electron chi connectivity index (χ1n) is 14.1. The zero-order valence-corrected chi connectivity index (χ0v) is 25.0. The Labute approximate surface area is 253 Å². The van der Waals surface area contributed by atoms with E-state index >= 15 is 0 Å². The normalized spacial score (nSPS) is 19.9. The van der Waals surface area contributed by atoms with Crippen molar-refractivity contribution in [3.05, 3.63) is 102 Å². The molecule has 2 aliphatic rings. The second kappa shape index (κ2) is 11.7. The minimum atomic E-state index is -0.876. The third kappa shape index (κ3) is 5.80. The molecule has 2 unspecified atom stereocenters. The van der Waals surface area contributed by atoms with E-state index in [2.05, 4.69) is 31.1 Å². The Hall–Kier alpha value is -4.08. The van der Waals surface area contributed by atoms with Crippen molar-refractivity contribution in [2.45, 2.75) is 49.0 Å². The maximum atomic E-state index is 14.1. The summed E-state index contributed by atoms with van der Waals surface area (Å²) in [5.74, 6) is 0.571. The average molecular weight is 626 g/mol. The monoisotopic (exact) mass is 624 g/mol. The Morgan fingerprint density at radius 2 is 1.83 bits per heavy atom. The molecule has 3 atom stereocenters. The number of likely N-dealkylation sites (tertiary alicyclic amines) is 1. The molecule has 0 spiro atoms. The van der Waals surface area contributed by atoms with Gasteiger partial charge in [0.15, 0.2) is 0 Å². The van der Waals surface area contributed by atoms with Crippen molar-refractivity contribution in [1.82, 2.24) is 15.1 Å². The zero-order valence-electron chi connectivity index (χ0n) is 23.4. The van der Waals surface area contributed by atoms with E-state index in [1.807, 2.05) is 97.0 Å². The van der Waals surface area contributed by atoms with Crippen LogP contribution in [-0.4, -0.2) is 44.6 Å². The van der Waals surface area contributed by atoms with Crippen LogP contribution in [0, 0.1) is 0 Å². The smallest absolute Gasteiger partial charge is 0.254 e. The summed E-state index contributed by atoms with van der Waals surface area (Å²) in [5.41, 5.74) is 17.8. The van der Waals surface area contributed by atoms with Gasteiger partial charge in [-0.2, -0.15) is 0 Å². The van der Waals surface area contributed by atoms with Gasteiger partial charge in [0.1, 0.15) is 0 Å². The van der Waals surface area contributed by atoms with Gasteiger partial charge in [0, 0.05) is 41.3 Å². The number of benzene rings is 3. The molecule has 0 saturated carbocycles. The molecular weight excluding hydrogens is 592 g/mol. The van der Waals surface area contributed by atoms with E-state index in [4.69, 9.17) is 15.9 Å². The first-order valence-corrected chi connectivity index (χ1v) is 15.0. The van der Waals surface area contributed by atoms with Crippen molar-refractivity contribution in [3.63, 3.8) is 0 Å². The molecule has 1 saturated heterocycles. The van der Waals surface area contributed by atoms with Gasteiger partial charge in [-0.1, -0.05) is 64.5 Å². The molecule has 6 rings (SSSR count). The highest BCUT2D eigenvalue weighted by Crippen LogP contribution is 2.35. The number of aromatic nitrogens is 2. The second-order valence-electron chi connectivity index (χ2n) is 11.3. The van der Waals surface area contributed by atoms with Gasteiger partial charge in [0.25, 0.3) is 5.91 Å². The van der Waals surface area contributed by atoms with Gasteiger partial charge in [0.2, 0.25) is 11.8 Å². The predicted octanol–water partition coefficient (Wildman–Crippen LogP) is 6.13. The van der Waals surface area contributed by atoms with Crippen LogP contribution >= 0.6 is 15.9 Å². The van der Waals surface area contributed by atoms with Crippen LogP contribution < -0.4 is 11.5 Å². The van der Waals surface area contributed by atoms with E-state index < -0.39 is 5.54 Å². The first-order chi connectivity index (χ1) is 20.3. The zero-order chi connectivity index (χ0) is 29.3. The largest absolute Gasteiger partial charge is 0.419 e. The van der Waals surface area contributed by atoms with Crippen LogP contribution in [0.4, 0.5) is 5.69 Å².